The summed E-state index contributed by atoms with van der Waals surface area (Å²) in [4.78, 5) is 20.1. The van der Waals surface area contributed by atoms with E-state index in [0.29, 0.717) is 17.8 Å². The third-order valence-electron chi connectivity index (χ3n) is 5.13. The summed E-state index contributed by atoms with van der Waals surface area (Å²) < 4.78 is 50.4. The van der Waals surface area contributed by atoms with Gasteiger partial charge < -0.3 is 15.4 Å². The van der Waals surface area contributed by atoms with Gasteiger partial charge in [0.25, 0.3) is 0 Å². The zero-order valence-electron chi connectivity index (χ0n) is 20.6. The number of methoxy groups -OCH3 is 1. The van der Waals surface area contributed by atoms with Gasteiger partial charge in [-0.2, -0.15) is 5.10 Å². The summed E-state index contributed by atoms with van der Waals surface area (Å²) in [5.41, 5.74) is 0.763. The van der Waals surface area contributed by atoms with Gasteiger partial charge in [-0.05, 0) is 39.0 Å². The van der Waals surface area contributed by atoms with Gasteiger partial charge >= 0.3 is 6.09 Å². The summed E-state index contributed by atoms with van der Waals surface area (Å²) in [5.74, 6) is -1.29. The van der Waals surface area contributed by atoms with Gasteiger partial charge in [0.2, 0.25) is 5.95 Å². The fourth-order valence-corrected chi connectivity index (χ4v) is 3.77. The molecule has 3 rings (SSSR count). The molecule has 3 aromatic rings. The van der Waals surface area contributed by atoms with Gasteiger partial charge in [0, 0.05) is 47.9 Å². The zero-order valence-corrected chi connectivity index (χ0v) is 21.4. The van der Waals surface area contributed by atoms with E-state index < -0.39 is 34.4 Å². The summed E-state index contributed by atoms with van der Waals surface area (Å²) in [6.45, 7) is 7.58. The van der Waals surface area contributed by atoms with Crippen LogP contribution in [0.3, 0.4) is 0 Å². The van der Waals surface area contributed by atoms with Crippen molar-refractivity contribution in [1.82, 2.24) is 25.1 Å². The molecule has 13 heteroatoms. The summed E-state index contributed by atoms with van der Waals surface area (Å²) in [6.07, 6.45) is 2.72. The minimum atomic E-state index is -1.64. The molecule has 36 heavy (non-hydrogen) atoms. The van der Waals surface area contributed by atoms with Crippen LogP contribution in [0.25, 0.3) is 22.5 Å². The van der Waals surface area contributed by atoms with Crippen molar-refractivity contribution in [3.05, 3.63) is 42.2 Å². The summed E-state index contributed by atoms with van der Waals surface area (Å²) in [5, 5.41) is 10.2. The molecule has 2 heterocycles. The third-order valence-corrected chi connectivity index (χ3v) is 6.09. The molecule has 0 bridgehead atoms. The topological polar surface area (TPSA) is 123 Å². The summed E-state index contributed by atoms with van der Waals surface area (Å²) in [7, 11) is -0.358. The first kappa shape index (κ1) is 27.0. The molecule has 3 N–H and O–H groups in total. The second-order valence-corrected chi connectivity index (χ2v) is 9.64. The first-order valence-electron chi connectivity index (χ1n) is 11.3. The Morgan fingerprint density at radius 2 is 1.94 bits per heavy atom. The maximum Gasteiger partial charge on any atom is 0.407 e. The molecule has 0 fully saturated rings. The molecule has 0 aliphatic rings. The smallest absolute Gasteiger partial charge is 0.407 e. The monoisotopic (exact) mass is 521 g/mol. The van der Waals surface area contributed by atoms with E-state index in [2.05, 4.69) is 35.2 Å². The highest BCUT2D eigenvalue weighted by atomic mass is 32.2. The highest BCUT2D eigenvalue weighted by Crippen LogP contribution is 2.36. The van der Waals surface area contributed by atoms with Gasteiger partial charge in [-0.25, -0.2) is 27.8 Å². The number of nitrogens with zero attached hydrogens (tertiary/aromatic N) is 4. The van der Waals surface area contributed by atoms with E-state index in [0.717, 1.165) is 6.07 Å². The van der Waals surface area contributed by atoms with Crippen molar-refractivity contribution < 1.29 is 22.5 Å². The minimum Gasteiger partial charge on any atom is -0.453 e. The van der Waals surface area contributed by atoms with E-state index in [1.54, 1.807) is 30.8 Å². The SMILES string of the molecule is CCS(=O)Nc1c(F)ccc(-c2nn(C(C)C)cc2-c2ccnc(NC[C@H](C)NC(=O)OC)n2)c1F. The first-order chi connectivity index (χ1) is 17.1. The van der Waals surface area contributed by atoms with E-state index in [9.17, 15) is 13.4 Å². The second-order valence-electron chi connectivity index (χ2n) is 8.17. The minimum absolute atomic E-state index is 0.0328. The van der Waals surface area contributed by atoms with Crippen molar-refractivity contribution in [3.8, 4) is 22.5 Å². The Labute approximate surface area is 210 Å². The lowest BCUT2D eigenvalue weighted by Gasteiger charge is -2.14. The normalized spacial score (nSPS) is 12.8. The van der Waals surface area contributed by atoms with Gasteiger partial charge in [-0.1, -0.05) is 6.92 Å². The number of nitrogens with one attached hydrogen (secondary N) is 3. The van der Waals surface area contributed by atoms with Crippen molar-refractivity contribution in [2.24, 2.45) is 0 Å². The van der Waals surface area contributed by atoms with Crippen LogP contribution in [0.2, 0.25) is 0 Å². The molecule has 2 atom stereocenters. The molecule has 194 valence electrons. The van der Waals surface area contributed by atoms with Crippen molar-refractivity contribution in [2.75, 3.05) is 29.4 Å². The van der Waals surface area contributed by atoms with Crippen LogP contribution >= 0.6 is 0 Å². The molecule has 0 radical (unpaired) electrons. The van der Waals surface area contributed by atoms with E-state index >= 15 is 4.39 Å². The molecule has 0 aliphatic heterocycles. The number of carbonyl (C=O) groups excluding carboxylic acids is 1. The number of benzene rings is 1. The average Bonchev–Trinajstić information content (AvgIpc) is 3.31. The molecule has 1 unspecified atom stereocenters. The van der Waals surface area contributed by atoms with E-state index in [1.165, 1.54) is 19.4 Å². The average molecular weight is 522 g/mol. The Bertz CT molecular complexity index is 1250. The van der Waals surface area contributed by atoms with Crippen LogP contribution in [-0.4, -0.2) is 55.5 Å². The van der Waals surface area contributed by atoms with Crippen LogP contribution in [-0.2, 0) is 15.7 Å². The van der Waals surface area contributed by atoms with Crippen molar-refractivity contribution in [2.45, 2.75) is 39.8 Å². The standard InChI is InChI=1S/C23H29F2N7O3S/c1-6-36(34)31-21-17(24)8-7-15(19(21)25)20-16(12-32(30-20)13(2)3)18-9-10-26-22(29-18)27-11-14(4)28-23(33)35-5/h7-10,12-14,31H,6,11H2,1-5H3,(H,28,33)(H,26,27,29)/t14-,36?/m0/s1. The molecule has 0 spiro atoms. The third kappa shape index (κ3) is 6.33. The largest absolute Gasteiger partial charge is 0.453 e. The molecule has 1 amide bonds. The Morgan fingerprint density at radius 1 is 1.19 bits per heavy atom. The van der Waals surface area contributed by atoms with Crippen LogP contribution in [0.1, 0.15) is 33.7 Å². The van der Waals surface area contributed by atoms with Crippen LogP contribution < -0.4 is 15.4 Å². The first-order valence-corrected chi connectivity index (χ1v) is 12.6. The maximum atomic E-state index is 15.5. The molecule has 2 aromatic heterocycles. The molecule has 10 nitrogen and oxygen atoms in total. The predicted octanol–water partition coefficient (Wildman–Crippen LogP) is 4.12. The number of anilines is 2. The maximum absolute atomic E-state index is 15.5. The van der Waals surface area contributed by atoms with E-state index in [1.807, 2.05) is 13.8 Å². The molecule has 0 saturated carbocycles. The highest BCUT2D eigenvalue weighted by molar-refractivity contribution is 7.86. The number of hydrogen-bond donors (Lipinski definition) is 3. The van der Waals surface area contributed by atoms with Crippen LogP contribution in [0.4, 0.5) is 25.2 Å². The number of halogens is 2. The summed E-state index contributed by atoms with van der Waals surface area (Å²) in [6, 6.07) is 3.74. The predicted molar refractivity (Wildman–Crippen MR) is 135 cm³/mol. The Morgan fingerprint density at radius 3 is 2.61 bits per heavy atom. The van der Waals surface area contributed by atoms with Gasteiger partial charge in [0.15, 0.2) is 5.82 Å². The van der Waals surface area contributed by atoms with Crippen molar-refractivity contribution in [3.63, 3.8) is 0 Å². The fraction of sp³-hybridized carbons (Fsp3) is 0.391. The number of rotatable bonds is 10. The van der Waals surface area contributed by atoms with Crippen LogP contribution in [0.5, 0.6) is 0 Å². The number of aromatic nitrogens is 4. The molecule has 0 aliphatic carbocycles. The zero-order chi connectivity index (χ0) is 26.4. The van der Waals surface area contributed by atoms with Crippen molar-refractivity contribution >= 4 is 28.7 Å². The molecule has 0 saturated heterocycles. The van der Waals surface area contributed by atoms with Gasteiger partial charge in [-0.3, -0.25) is 9.40 Å². The Kier molecular flexibility index (Phi) is 8.91. The Balaban J connectivity index is 2.00. The number of alkyl carbamates (subject to hydrolysis) is 1. The number of ether oxygens (including phenoxy) is 1. The van der Waals surface area contributed by atoms with Gasteiger partial charge in [0.1, 0.15) is 28.2 Å². The van der Waals surface area contributed by atoms with Crippen LogP contribution in [0, 0.1) is 11.6 Å². The Hall–Kier alpha value is -3.61. The lowest BCUT2D eigenvalue weighted by Crippen LogP contribution is -2.37. The lowest BCUT2D eigenvalue weighted by molar-refractivity contribution is 0.168. The lowest BCUT2D eigenvalue weighted by atomic mass is 10.0. The molecular formula is C23H29F2N7O3S. The number of carbonyl (C=O) groups is 1. The number of hydrogen-bond acceptors (Lipinski definition) is 7. The van der Waals surface area contributed by atoms with Gasteiger partial charge in [0.05, 0.1) is 12.8 Å². The van der Waals surface area contributed by atoms with Gasteiger partial charge in [-0.15, -0.1) is 0 Å². The highest BCUT2D eigenvalue weighted by Gasteiger charge is 2.23. The van der Waals surface area contributed by atoms with Crippen molar-refractivity contribution in [1.29, 1.82) is 0 Å². The van der Waals surface area contributed by atoms with E-state index in [-0.39, 0.29) is 35.0 Å². The quantitative estimate of drug-likeness (QED) is 0.367. The van der Waals surface area contributed by atoms with E-state index in [4.69, 9.17) is 0 Å². The fourth-order valence-electron chi connectivity index (χ4n) is 3.21. The molecule has 1 aromatic carbocycles. The van der Waals surface area contributed by atoms with Crippen LogP contribution in [0.15, 0.2) is 30.6 Å². The second kappa shape index (κ2) is 11.9. The summed E-state index contributed by atoms with van der Waals surface area (Å²) >= 11 is 0. The molecular weight excluding hydrogens is 492 g/mol. The number of amides is 1.